The Hall–Kier alpha value is -0.160. The van der Waals surface area contributed by atoms with Crippen LogP contribution in [0.15, 0.2) is 0 Å². The second-order valence-electron chi connectivity index (χ2n) is 3.71. The van der Waals surface area contributed by atoms with E-state index >= 15 is 0 Å². The molecule has 72 valence electrons. The molecule has 4 nitrogen and oxygen atoms in total. The largest absolute Gasteiger partial charge is 0.393 e. The fraction of sp³-hybridized carbons (Fsp3) is 1.00. The number of rotatable bonds is 2. The molecule has 1 rings (SSSR count). The first-order valence-electron chi connectivity index (χ1n) is 4.46. The molecule has 1 fully saturated rings. The summed E-state index contributed by atoms with van der Waals surface area (Å²) in [5.74, 6) is 0. The molecule has 1 aliphatic rings. The summed E-state index contributed by atoms with van der Waals surface area (Å²) in [5.41, 5.74) is 11.4. The van der Waals surface area contributed by atoms with Crippen LogP contribution in [-0.2, 0) is 0 Å². The molecule has 2 unspecified atom stereocenters. The zero-order valence-corrected chi connectivity index (χ0v) is 7.59. The first kappa shape index (κ1) is 9.92. The van der Waals surface area contributed by atoms with Gasteiger partial charge in [0.2, 0.25) is 0 Å². The third-order valence-corrected chi connectivity index (χ3v) is 2.87. The predicted molar refractivity (Wildman–Crippen MR) is 48.7 cm³/mol. The van der Waals surface area contributed by atoms with Gasteiger partial charge in [0.1, 0.15) is 0 Å². The highest BCUT2D eigenvalue weighted by Gasteiger charge is 2.38. The van der Waals surface area contributed by atoms with Crippen LogP contribution in [0.25, 0.3) is 0 Å². The van der Waals surface area contributed by atoms with E-state index in [4.69, 9.17) is 11.5 Å². The molecule has 1 aliphatic carbocycles. The molecular weight excluding hydrogens is 154 g/mol. The minimum atomic E-state index is -0.325. The molecule has 0 aromatic carbocycles. The summed E-state index contributed by atoms with van der Waals surface area (Å²) in [7, 11) is 1.86. The second kappa shape index (κ2) is 3.70. The highest BCUT2D eigenvalue weighted by molar-refractivity contribution is 5.01. The van der Waals surface area contributed by atoms with Crippen molar-refractivity contribution in [1.29, 1.82) is 0 Å². The van der Waals surface area contributed by atoms with Gasteiger partial charge < -0.3 is 21.9 Å². The van der Waals surface area contributed by atoms with E-state index in [1.54, 1.807) is 0 Å². The summed E-state index contributed by atoms with van der Waals surface area (Å²) in [5, 5.41) is 12.5. The Kier molecular flexibility index (Phi) is 3.06. The van der Waals surface area contributed by atoms with Crippen LogP contribution in [0.3, 0.4) is 0 Å². The van der Waals surface area contributed by atoms with E-state index in [0.29, 0.717) is 13.0 Å². The van der Waals surface area contributed by atoms with Gasteiger partial charge in [-0.1, -0.05) is 0 Å². The molecule has 0 aromatic heterocycles. The molecule has 0 spiro atoms. The van der Waals surface area contributed by atoms with Gasteiger partial charge in [0.05, 0.1) is 6.10 Å². The van der Waals surface area contributed by atoms with Crippen LogP contribution in [0.5, 0.6) is 0 Å². The summed E-state index contributed by atoms with van der Waals surface area (Å²) >= 11 is 0. The van der Waals surface area contributed by atoms with Crippen molar-refractivity contribution >= 4 is 0 Å². The smallest absolute Gasteiger partial charge is 0.0556 e. The number of likely N-dealkylation sites (N-methyl/N-ethyl adjacent to an activating group) is 1. The van der Waals surface area contributed by atoms with Crippen molar-refractivity contribution in [1.82, 2.24) is 5.32 Å². The lowest BCUT2D eigenvalue weighted by molar-refractivity contribution is 0.0756. The molecule has 0 radical (unpaired) electrons. The van der Waals surface area contributed by atoms with Crippen molar-refractivity contribution in [2.45, 2.75) is 36.9 Å². The number of aliphatic hydroxyl groups is 1. The minimum absolute atomic E-state index is 0.145. The van der Waals surface area contributed by atoms with Gasteiger partial charge in [0.15, 0.2) is 0 Å². The standard InChI is InChI=1S/C8H19N3O/c1-11-7-4-6(12)2-3-8(7,10)5-9/h6-7,11-12H,2-5,9-10H2,1H3/t6?,7?,8-/m1/s1. The molecule has 0 aromatic rings. The predicted octanol–water partition coefficient (Wildman–Crippen LogP) is -1.22. The molecule has 0 heterocycles. The zero-order valence-electron chi connectivity index (χ0n) is 7.59. The Balaban J connectivity index is 2.62. The van der Waals surface area contributed by atoms with Crippen molar-refractivity contribution < 1.29 is 5.11 Å². The molecule has 0 aliphatic heterocycles. The van der Waals surface area contributed by atoms with Gasteiger partial charge in [-0.15, -0.1) is 0 Å². The van der Waals surface area contributed by atoms with Crippen LogP contribution in [0, 0.1) is 0 Å². The average Bonchev–Trinajstić information content (AvgIpc) is 2.09. The Morgan fingerprint density at radius 3 is 2.83 bits per heavy atom. The van der Waals surface area contributed by atoms with Gasteiger partial charge in [0.25, 0.3) is 0 Å². The van der Waals surface area contributed by atoms with E-state index < -0.39 is 0 Å². The van der Waals surface area contributed by atoms with Gasteiger partial charge in [-0.2, -0.15) is 0 Å². The summed E-state index contributed by atoms with van der Waals surface area (Å²) in [6, 6.07) is 0.145. The monoisotopic (exact) mass is 173 g/mol. The quantitative estimate of drug-likeness (QED) is 0.421. The van der Waals surface area contributed by atoms with Crippen LogP contribution >= 0.6 is 0 Å². The highest BCUT2D eigenvalue weighted by atomic mass is 16.3. The van der Waals surface area contributed by atoms with Crippen LogP contribution in [0.2, 0.25) is 0 Å². The van der Waals surface area contributed by atoms with Gasteiger partial charge in [-0.3, -0.25) is 0 Å². The lowest BCUT2D eigenvalue weighted by Crippen LogP contribution is -2.64. The fourth-order valence-corrected chi connectivity index (χ4v) is 1.88. The third-order valence-electron chi connectivity index (χ3n) is 2.87. The van der Waals surface area contributed by atoms with E-state index in [1.807, 2.05) is 7.05 Å². The Bertz CT molecular complexity index is 153. The maximum Gasteiger partial charge on any atom is 0.0556 e. The third kappa shape index (κ3) is 1.77. The van der Waals surface area contributed by atoms with E-state index in [0.717, 1.165) is 12.8 Å². The van der Waals surface area contributed by atoms with Crippen LogP contribution in [0.1, 0.15) is 19.3 Å². The van der Waals surface area contributed by atoms with Crippen molar-refractivity contribution in [2.24, 2.45) is 11.5 Å². The molecule has 12 heavy (non-hydrogen) atoms. The van der Waals surface area contributed by atoms with E-state index in [2.05, 4.69) is 5.32 Å². The Labute approximate surface area is 73.3 Å². The molecule has 0 saturated heterocycles. The van der Waals surface area contributed by atoms with Gasteiger partial charge in [-0.05, 0) is 26.3 Å². The van der Waals surface area contributed by atoms with Crippen molar-refractivity contribution in [3.63, 3.8) is 0 Å². The van der Waals surface area contributed by atoms with Gasteiger partial charge in [-0.25, -0.2) is 0 Å². The number of nitrogens with two attached hydrogens (primary N) is 2. The number of hydrogen-bond acceptors (Lipinski definition) is 4. The number of hydrogen-bond donors (Lipinski definition) is 4. The molecule has 6 N–H and O–H groups in total. The van der Waals surface area contributed by atoms with Crippen LogP contribution in [-0.4, -0.2) is 36.4 Å². The Morgan fingerprint density at radius 2 is 2.33 bits per heavy atom. The molecule has 4 heteroatoms. The van der Waals surface area contributed by atoms with Crippen LogP contribution < -0.4 is 16.8 Å². The normalized spacial score (nSPS) is 43.0. The first-order chi connectivity index (χ1) is 5.62. The molecular formula is C8H19N3O. The van der Waals surface area contributed by atoms with Crippen LogP contribution in [0.4, 0.5) is 0 Å². The summed E-state index contributed by atoms with van der Waals surface area (Å²) < 4.78 is 0. The van der Waals surface area contributed by atoms with E-state index in [-0.39, 0.29) is 17.7 Å². The lowest BCUT2D eigenvalue weighted by atomic mass is 9.77. The summed E-state index contributed by atoms with van der Waals surface area (Å²) in [4.78, 5) is 0. The first-order valence-corrected chi connectivity index (χ1v) is 4.46. The molecule has 3 atom stereocenters. The van der Waals surface area contributed by atoms with E-state index in [1.165, 1.54) is 0 Å². The second-order valence-corrected chi connectivity index (χ2v) is 3.71. The number of nitrogens with one attached hydrogen (secondary N) is 1. The molecule has 0 bridgehead atoms. The van der Waals surface area contributed by atoms with Crippen molar-refractivity contribution in [2.75, 3.05) is 13.6 Å². The van der Waals surface area contributed by atoms with E-state index in [9.17, 15) is 5.11 Å². The molecule has 1 saturated carbocycles. The van der Waals surface area contributed by atoms with Gasteiger partial charge >= 0.3 is 0 Å². The highest BCUT2D eigenvalue weighted by Crippen LogP contribution is 2.25. The average molecular weight is 173 g/mol. The zero-order chi connectivity index (χ0) is 9.19. The van der Waals surface area contributed by atoms with Gasteiger partial charge in [0, 0.05) is 18.1 Å². The van der Waals surface area contributed by atoms with Crippen molar-refractivity contribution in [3.05, 3.63) is 0 Å². The lowest BCUT2D eigenvalue weighted by Gasteiger charge is -2.42. The Morgan fingerprint density at radius 1 is 1.67 bits per heavy atom. The number of aliphatic hydroxyl groups excluding tert-OH is 1. The maximum atomic E-state index is 9.40. The SMILES string of the molecule is CNC1CC(O)CC[C@@]1(N)CN. The molecule has 0 amide bonds. The summed E-state index contributed by atoms with van der Waals surface area (Å²) in [6.07, 6.45) is 2.07. The fourth-order valence-electron chi connectivity index (χ4n) is 1.88. The summed E-state index contributed by atoms with van der Waals surface area (Å²) in [6.45, 7) is 0.477. The minimum Gasteiger partial charge on any atom is -0.393 e. The topological polar surface area (TPSA) is 84.3 Å². The maximum absolute atomic E-state index is 9.40. The van der Waals surface area contributed by atoms with Crippen molar-refractivity contribution in [3.8, 4) is 0 Å².